The van der Waals surface area contributed by atoms with Gasteiger partial charge >= 0.3 is 0 Å². The fraction of sp³-hybridized carbons (Fsp3) is 0.435. The van der Waals surface area contributed by atoms with E-state index >= 15 is 0 Å². The van der Waals surface area contributed by atoms with E-state index < -0.39 is 8.07 Å². The van der Waals surface area contributed by atoms with Gasteiger partial charge in [0.1, 0.15) is 11.9 Å². The lowest BCUT2D eigenvalue weighted by molar-refractivity contribution is 0.0904. The zero-order valence-electron chi connectivity index (χ0n) is 17.7. The Morgan fingerprint density at radius 3 is 2.43 bits per heavy atom. The van der Waals surface area contributed by atoms with Gasteiger partial charge in [-0.2, -0.15) is 0 Å². The van der Waals surface area contributed by atoms with Crippen LogP contribution in [0.3, 0.4) is 0 Å². The van der Waals surface area contributed by atoms with Gasteiger partial charge in [0.15, 0.2) is 0 Å². The van der Waals surface area contributed by atoms with Crippen molar-refractivity contribution in [2.75, 3.05) is 13.2 Å². The third-order valence-electron chi connectivity index (χ3n) is 5.93. The second kappa shape index (κ2) is 8.28. The van der Waals surface area contributed by atoms with Crippen LogP contribution in [0, 0.1) is 0 Å². The van der Waals surface area contributed by atoms with Crippen molar-refractivity contribution in [2.24, 2.45) is 0 Å². The van der Waals surface area contributed by atoms with Crippen molar-refractivity contribution in [1.82, 2.24) is 9.55 Å². The van der Waals surface area contributed by atoms with Gasteiger partial charge in [-0.3, -0.25) is 0 Å². The summed E-state index contributed by atoms with van der Waals surface area (Å²) in [6.45, 7) is 8.32. The molecule has 0 atom stereocenters. The van der Waals surface area contributed by atoms with E-state index in [9.17, 15) is 5.11 Å². The predicted octanol–water partition coefficient (Wildman–Crippen LogP) is 6.35. The van der Waals surface area contributed by atoms with E-state index in [4.69, 9.17) is 32.9 Å². The summed E-state index contributed by atoms with van der Waals surface area (Å²) in [4.78, 5) is 4.79. The summed E-state index contributed by atoms with van der Waals surface area (Å²) >= 11 is 13.1. The van der Waals surface area contributed by atoms with Crippen LogP contribution in [0.25, 0.3) is 22.3 Å². The second-order valence-electron chi connectivity index (χ2n) is 9.48. The number of aromatic nitrogens is 2. The molecule has 0 spiro atoms. The molecule has 2 heterocycles. The molecule has 7 heteroatoms. The van der Waals surface area contributed by atoms with E-state index in [-0.39, 0.29) is 12.0 Å². The van der Waals surface area contributed by atoms with Gasteiger partial charge in [0.2, 0.25) is 0 Å². The summed E-state index contributed by atoms with van der Waals surface area (Å²) in [5, 5.41) is 10.8. The second-order valence-corrected chi connectivity index (χ2v) is 15.9. The van der Waals surface area contributed by atoms with Crippen LogP contribution in [-0.4, -0.2) is 35.9 Å². The van der Waals surface area contributed by atoms with E-state index in [0.717, 1.165) is 47.8 Å². The number of halogens is 2. The Morgan fingerprint density at radius 2 is 1.83 bits per heavy atom. The van der Waals surface area contributed by atoms with Crippen molar-refractivity contribution >= 4 is 42.3 Å². The molecule has 0 unspecified atom stereocenters. The van der Waals surface area contributed by atoms with Crippen LogP contribution < -0.4 is 0 Å². The fourth-order valence-electron chi connectivity index (χ4n) is 3.66. The van der Waals surface area contributed by atoms with Crippen LogP contribution in [-0.2, 0) is 16.9 Å². The normalized spacial score (nSPS) is 15.7. The van der Waals surface area contributed by atoms with Crippen molar-refractivity contribution < 1.29 is 9.84 Å². The number of rotatable bonds is 8. The number of aliphatic hydroxyl groups is 1. The minimum atomic E-state index is -1.13. The third kappa shape index (κ3) is 4.46. The SMILES string of the molecule is C[Si](C)(C)CCOCn1c(Cl)cc2nc(-c3ccc(C4(CO)CC4)cc3)c(Cl)cc21. The van der Waals surface area contributed by atoms with E-state index in [2.05, 4.69) is 31.8 Å². The van der Waals surface area contributed by atoms with E-state index in [1.54, 1.807) is 0 Å². The summed E-state index contributed by atoms with van der Waals surface area (Å²) in [6, 6.07) is 13.1. The first kappa shape index (κ1) is 21.8. The fourth-order valence-corrected chi connectivity index (χ4v) is 4.91. The van der Waals surface area contributed by atoms with Gasteiger partial charge in [-0.15, -0.1) is 0 Å². The van der Waals surface area contributed by atoms with Gasteiger partial charge in [-0.25, -0.2) is 4.98 Å². The van der Waals surface area contributed by atoms with Crippen molar-refractivity contribution in [3.63, 3.8) is 0 Å². The molecule has 0 aliphatic heterocycles. The van der Waals surface area contributed by atoms with Crippen LogP contribution in [0.1, 0.15) is 18.4 Å². The predicted molar refractivity (Wildman–Crippen MR) is 127 cm³/mol. The minimum Gasteiger partial charge on any atom is -0.395 e. The number of hydrogen-bond acceptors (Lipinski definition) is 3. The Kier molecular flexibility index (Phi) is 6.03. The molecule has 1 aromatic carbocycles. The molecule has 1 aliphatic carbocycles. The zero-order valence-corrected chi connectivity index (χ0v) is 20.2. The van der Waals surface area contributed by atoms with Crippen LogP contribution >= 0.6 is 23.2 Å². The number of hydrogen-bond donors (Lipinski definition) is 1. The quantitative estimate of drug-likeness (QED) is 0.313. The third-order valence-corrected chi connectivity index (χ3v) is 8.24. The summed E-state index contributed by atoms with van der Waals surface area (Å²) in [5.41, 5.74) is 4.49. The molecule has 1 fully saturated rings. The maximum absolute atomic E-state index is 9.65. The summed E-state index contributed by atoms with van der Waals surface area (Å²) in [5.74, 6) is 0. The molecule has 2 aromatic heterocycles. The van der Waals surface area contributed by atoms with E-state index in [1.165, 1.54) is 5.56 Å². The lowest BCUT2D eigenvalue weighted by Crippen LogP contribution is -2.22. The molecule has 0 saturated heterocycles. The van der Waals surface area contributed by atoms with Crippen LogP contribution in [0.15, 0.2) is 36.4 Å². The summed E-state index contributed by atoms with van der Waals surface area (Å²) in [6.07, 6.45) is 2.08. The molecule has 1 saturated carbocycles. The minimum absolute atomic E-state index is 0.0417. The average molecular weight is 463 g/mol. The molecular formula is C23H28Cl2N2O2Si. The highest BCUT2D eigenvalue weighted by atomic mass is 35.5. The Labute approximate surface area is 188 Å². The lowest BCUT2D eigenvalue weighted by Gasteiger charge is -2.16. The molecule has 4 nitrogen and oxygen atoms in total. The van der Waals surface area contributed by atoms with Gasteiger partial charge < -0.3 is 14.4 Å². The van der Waals surface area contributed by atoms with Crippen molar-refractivity contribution in [3.8, 4) is 11.3 Å². The maximum Gasteiger partial charge on any atom is 0.124 e. The van der Waals surface area contributed by atoms with Crippen molar-refractivity contribution in [2.45, 2.75) is 50.7 Å². The van der Waals surface area contributed by atoms with E-state index in [0.29, 0.717) is 16.9 Å². The first-order valence-corrected chi connectivity index (χ1v) is 14.8. The number of nitrogens with zero attached hydrogens (tertiary/aromatic N) is 2. The highest BCUT2D eigenvalue weighted by Gasteiger charge is 2.43. The molecule has 1 aliphatic rings. The molecule has 160 valence electrons. The zero-order chi connectivity index (χ0) is 21.5. The molecule has 3 aromatic rings. The van der Waals surface area contributed by atoms with Crippen LogP contribution in [0.5, 0.6) is 0 Å². The van der Waals surface area contributed by atoms with Gasteiger partial charge in [-0.1, -0.05) is 67.1 Å². The number of benzene rings is 1. The summed E-state index contributed by atoms with van der Waals surface area (Å²) < 4.78 is 7.79. The van der Waals surface area contributed by atoms with Crippen LogP contribution in [0.2, 0.25) is 35.9 Å². The Balaban J connectivity index is 1.57. The Bertz CT molecular complexity index is 1050. The highest BCUT2D eigenvalue weighted by molar-refractivity contribution is 6.76. The number of pyridine rings is 1. The Hall–Kier alpha value is -1.37. The molecule has 30 heavy (non-hydrogen) atoms. The molecule has 0 radical (unpaired) electrons. The molecule has 0 bridgehead atoms. The average Bonchev–Trinajstić information content (AvgIpc) is 3.44. The molecule has 4 rings (SSSR count). The monoisotopic (exact) mass is 462 g/mol. The standard InChI is InChI=1S/C23H28Cl2N2O2Si/c1-30(2,3)11-10-29-15-27-20-12-18(24)22(26-19(20)13-21(27)25)16-4-6-17(7-5-16)23(14-28)8-9-23/h4-7,12-13,28H,8-11,14-15H2,1-3H3. The van der Waals surface area contributed by atoms with Gasteiger partial charge in [0, 0.05) is 31.7 Å². The van der Waals surface area contributed by atoms with Crippen LogP contribution in [0.4, 0.5) is 0 Å². The largest absolute Gasteiger partial charge is 0.395 e. The molecule has 1 N–H and O–H groups in total. The van der Waals surface area contributed by atoms with E-state index in [1.807, 2.05) is 28.8 Å². The number of aliphatic hydroxyl groups excluding tert-OH is 1. The molecular weight excluding hydrogens is 435 g/mol. The number of ether oxygens (including phenoxy) is 1. The lowest BCUT2D eigenvalue weighted by atomic mass is 9.95. The summed E-state index contributed by atoms with van der Waals surface area (Å²) in [7, 11) is -1.13. The molecule has 0 amide bonds. The van der Waals surface area contributed by atoms with Crippen molar-refractivity contribution in [3.05, 3.63) is 52.1 Å². The first-order chi connectivity index (χ1) is 14.2. The first-order valence-electron chi connectivity index (χ1n) is 10.4. The maximum atomic E-state index is 9.65. The van der Waals surface area contributed by atoms with Crippen molar-refractivity contribution in [1.29, 1.82) is 0 Å². The Morgan fingerprint density at radius 1 is 1.13 bits per heavy atom. The number of fused-ring (bicyclic) bond motifs is 1. The highest BCUT2D eigenvalue weighted by Crippen LogP contribution is 2.48. The van der Waals surface area contributed by atoms with Gasteiger partial charge in [0.25, 0.3) is 0 Å². The smallest absolute Gasteiger partial charge is 0.124 e. The topological polar surface area (TPSA) is 47.3 Å². The van der Waals surface area contributed by atoms with Gasteiger partial charge in [0.05, 0.1) is 28.4 Å². The van der Waals surface area contributed by atoms with Gasteiger partial charge in [-0.05, 0) is 30.5 Å².